The highest BCUT2D eigenvalue weighted by molar-refractivity contribution is 7.15. The highest BCUT2D eigenvalue weighted by atomic mass is 32.1. The maximum atomic E-state index is 9.59. The van der Waals surface area contributed by atoms with Crippen LogP contribution in [0, 0.1) is 5.41 Å². The van der Waals surface area contributed by atoms with Crippen LogP contribution in [-0.4, -0.2) is 23.2 Å². The molecule has 1 unspecified atom stereocenters. The maximum Gasteiger partial charge on any atom is 0.185 e. The lowest BCUT2D eigenvalue weighted by Gasteiger charge is -2.44. The molecule has 106 valence electrons. The summed E-state index contributed by atoms with van der Waals surface area (Å²) in [4.78, 5) is 7.87. The molecule has 1 aliphatic carbocycles. The summed E-state index contributed by atoms with van der Waals surface area (Å²) in [5, 5.41) is 10.7. The molecule has 1 N–H and O–H groups in total. The molecular weight excluding hydrogens is 256 g/mol. The lowest BCUT2D eigenvalue weighted by molar-refractivity contribution is 0.144. The third-order valence-corrected chi connectivity index (χ3v) is 6.16. The first-order valence-electron chi connectivity index (χ1n) is 7.57. The lowest BCUT2D eigenvalue weighted by atomic mass is 9.68. The quantitative estimate of drug-likeness (QED) is 0.896. The average Bonchev–Trinajstić information content (AvgIpc) is 2.90. The van der Waals surface area contributed by atoms with E-state index < -0.39 is 0 Å². The predicted molar refractivity (Wildman–Crippen MR) is 79.7 cm³/mol. The Bertz CT molecular complexity index is 414. The number of hydrogen-bond donors (Lipinski definition) is 1. The first-order chi connectivity index (χ1) is 9.19. The molecule has 3 nitrogen and oxygen atoms in total. The summed E-state index contributed by atoms with van der Waals surface area (Å²) in [7, 11) is 0. The van der Waals surface area contributed by atoms with Crippen LogP contribution in [0.25, 0.3) is 0 Å². The molecule has 1 atom stereocenters. The van der Waals surface area contributed by atoms with E-state index in [1.54, 1.807) is 11.3 Å². The van der Waals surface area contributed by atoms with Crippen molar-refractivity contribution in [2.75, 3.05) is 18.0 Å². The van der Waals surface area contributed by atoms with E-state index in [4.69, 9.17) is 0 Å². The smallest absolute Gasteiger partial charge is 0.185 e. The van der Waals surface area contributed by atoms with Crippen molar-refractivity contribution < 1.29 is 5.11 Å². The molecule has 2 aliphatic rings. The highest BCUT2D eigenvalue weighted by Crippen LogP contribution is 2.45. The monoisotopic (exact) mass is 280 g/mol. The third-order valence-electron chi connectivity index (χ3n) is 4.93. The van der Waals surface area contributed by atoms with Gasteiger partial charge in [0.25, 0.3) is 0 Å². The second kappa shape index (κ2) is 5.41. The molecule has 0 bridgehead atoms. The zero-order valence-corrected chi connectivity index (χ0v) is 12.6. The molecular formula is C15H24N2OS. The summed E-state index contributed by atoms with van der Waals surface area (Å²) in [6.07, 6.45) is 11.3. The number of aliphatic hydroxyl groups is 1. The molecule has 0 radical (unpaired) electrons. The van der Waals surface area contributed by atoms with Gasteiger partial charge in [0.05, 0.1) is 11.0 Å². The van der Waals surface area contributed by atoms with Gasteiger partial charge in [0, 0.05) is 19.3 Å². The van der Waals surface area contributed by atoms with Crippen molar-refractivity contribution in [1.29, 1.82) is 0 Å². The van der Waals surface area contributed by atoms with Crippen molar-refractivity contribution in [3.63, 3.8) is 0 Å². The standard InChI is InChI=1S/C15H24N2OS/c1-12(18)13-11-16-14(19-13)17-9-7-15(8-10-17)5-3-2-4-6-15/h11-12,18H,2-10H2,1H3. The summed E-state index contributed by atoms with van der Waals surface area (Å²) < 4.78 is 0. The molecule has 4 heteroatoms. The van der Waals surface area contributed by atoms with E-state index in [1.165, 1.54) is 44.9 Å². The average molecular weight is 280 g/mol. The van der Waals surface area contributed by atoms with Gasteiger partial charge in [-0.15, -0.1) is 0 Å². The number of aromatic nitrogens is 1. The Morgan fingerprint density at radius 2 is 1.89 bits per heavy atom. The van der Waals surface area contributed by atoms with Gasteiger partial charge in [0.15, 0.2) is 5.13 Å². The number of nitrogens with zero attached hydrogens (tertiary/aromatic N) is 2. The zero-order valence-electron chi connectivity index (χ0n) is 11.8. The largest absolute Gasteiger partial charge is 0.388 e. The van der Waals surface area contributed by atoms with Crippen LogP contribution in [0.15, 0.2) is 6.20 Å². The number of thiazole rings is 1. The Labute approximate surface area is 119 Å². The first-order valence-corrected chi connectivity index (χ1v) is 8.39. The fraction of sp³-hybridized carbons (Fsp3) is 0.800. The molecule has 1 spiro atoms. The minimum Gasteiger partial charge on any atom is -0.388 e. The van der Waals surface area contributed by atoms with Gasteiger partial charge in [-0.2, -0.15) is 0 Å². The Balaban J connectivity index is 1.62. The number of anilines is 1. The van der Waals surface area contributed by atoms with E-state index in [9.17, 15) is 5.11 Å². The Morgan fingerprint density at radius 1 is 1.21 bits per heavy atom. The summed E-state index contributed by atoms with van der Waals surface area (Å²) in [5.74, 6) is 0. The molecule has 1 aromatic rings. The summed E-state index contributed by atoms with van der Waals surface area (Å²) >= 11 is 1.65. The van der Waals surface area contributed by atoms with E-state index in [0.29, 0.717) is 5.41 Å². The van der Waals surface area contributed by atoms with Crippen molar-refractivity contribution in [2.45, 2.75) is 58.0 Å². The van der Waals surface area contributed by atoms with Crippen molar-refractivity contribution >= 4 is 16.5 Å². The summed E-state index contributed by atoms with van der Waals surface area (Å²) in [5.41, 5.74) is 0.652. The van der Waals surface area contributed by atoms with E-state index >= 15 is 0 Å². The summed E-state index contributed by atoms with van der Waals surface area (Å²) in [6, 6.07) is 0. The fourth-order valence-electron chi connectivity index (χ4n) is 3.59. The van der Waals surface area contributed by atoms with E-state index in [1.807, 2.05) is 13.1 Å². The van der Waals surface area contributed by atoms with Crippen molar-refractivity contribution in [2.24, 2.45) is 5.41 Å². The van der Waals surface area contributed by atoms with Crippen LogP contribution < -0.4 is 4.90 Å². The van der Waals surface area contributed by atoms with Crippen LogP contribution in [0.2, 0.25) is 0 Å². The van der Waals surface area contributed by atoms with Gasteiger partial charge in [0.2, 0.25) is 0 Å². The minimum atomic E-state index is -0.388. The topological polar surface area (TPSA) is 36.4 Å². The van der Waals surface area contributed by atoms with Crippen molar-refractivity contribution in [1.82, 2.24) is 4.98 Å². The maximum absolute atomic E-state index is 9.59. The number of aliphatic hydroxyl groups excluding tert-OH is 1. The van der Waals surface area contributed by atoms with Crippen LogP contribution >= 0.6 is 11.3 Å². The minimum absolute atomic E-state index is 0.388. The van der Waals surface area contributed by atoms with Gasteiger partial charge in [-0.1, -0.05) is 30.6 Å². The van der Waals surface area contributed by atoms with Crippen LogP contribution in [0.3, 0.4) is 0 Å². The molecule has 0 amide bonds. The molecule has 2 heterocycles. The van der Waals surface area contributed by atoms with Crippen LogP contribution in [0.4, 0.5) is 5.13 Å². The van der Waals surface area contributed by atoms with Crippen molar-refractivity contribution in [3.8, 4) is 0 Å². The Morgan fingerprint density at radius 3 is 2.47 bits per heavy atom. The van der Waals surface area contributed by atoms with Gasteiger partial charge >= 0.3 is 0 Å². The van der Waals surface area contributed by atoms with Crippen molar-refractivity contribution in [3.05, 3.63) is 11.1 Å². The predicted octanol–water partition coefficient (Wildman–Crippen LogP) is 3.75. The molecule has 1 aliphatic heterocycles. The van der Waals surface area contributed by atoms with Crippen LogP contribution in [-0.2, 0) is 0 Å². The molecule has 0 aromatic carbocycles. The van der Waals surface area contributed by atoms with E-state index in [0.717, 1.165) is 23.1 Å². The van der Waals surface area contributed by atoms with Crippen LogP contribution in [0.1, 0.15) is 62.9 Å². The molecule has 2 fully saturated rings. The Hall–Kier alpha value is -0.610. The molecule has 1 saturated carbocycles. The van der Waals surface area contributed by atoms with Gasteiger partial charge in [-0.3, -0.25) is 0 Å². The Kier molecular flexibility index (Phi) is 3.81. The van der Waals surface area contributed by atoms with E-state index in [2.05, 4.69) is 9.88 Å². The van der Waals surface area contributed by atoms with Gasteiger partial charge < -0.3 is 10.0 Å². The van der Waals surface area contributed by atoms with Gasteiger partial charge in [0.1, 0.15) is 0 Å². The number of rotatable bonds is 2. The molecule has 1 saturated heterocycles. The molecule has 3 rings (SSSR count). The summed E-state index contributed by atoms with van der Waals surface area (Å²) in [6.45, 7) is 4.10. The highest BCUT2D eigenvalue weighted by Gasteiger charge is 2.36. The lowest BCUT2D eigenvalue weighted by Crippen LogP contribution is -2.41. The second-order valence-corrected chi connectivity index (χ2v) is 7.31. The SMILES string of the molecule is CC(O)c1cnc(N2CCC3(CCCCC3)CC2)s1. The molecule has 1 aromatic heterocycles. The van der Waals surface area contributed by atoms with Crippen LogP contribution in [0.5, 0.6) is 0 Å². The van der Waals surface area contributed by atoms with E-state index in [-0.39, 0.29) is 6.10 Å². The van der Waals surface area contributed by atoms with Gasteiger partial charge in [-0.25, -0.2) is 4.98 Å². The third kappa shape index (κ3) is 2.79. The zero-order chi connectivity index (χ0) is 13.3. The number of hydrogen-bond acceptors (Lipinski definition) is 4. The van der Waals surface area contributed by atoms with Gasteiger partial charge in [-0.05, 0) is 38.0 Å². The first kappa shape index (κ1) is 13.4. The fourth-order valence-corrected chi connectivity index (χ4v) is 4.49. The normalized spacial score (nSPS) is 24.6. The second-order valence-electron chi connectivity index (χ2n) is 6.27. The molecule has 19 heavy (non-hydrogen) atoms. The number of piperidine rings is 1.